The molecular formula is C13H15FN2S. The summed E-state index contributed by atoms with van der Waals surface area (Å²) in [5.74, 6) is -0.217. The molecular weight excluding hydrogens is 235 g/mol. The van der Waals surface area contributed by atoms with Crippen LogP contribution < -0.4 is 5.32 Å². The van der Waals surface area contributed by atoms with Crippen LogP contribution in [0.3, 0.4) is 0 Å². The predicted molar refractivity (Wildman–Crippen MR) is 70.9 cm³/mol. The van der Waals surface area contributed by atoms with Crippen molar-refractivity contribution in [3.8, 4) is 11.3 Å². The van der Waals surface area contributed by atoms with Crippen molar-refractivity contribution in [2.24, 2.45) is 0 Å². The number of hydrogen-bond acceptors (Lipinski definition) is 3. The Labute approximate surface area is 105 Å². The number of aromatic nitrogens is 1. The first kappa shape index (κ1) is 12.0. The molecule has 17 heavy (non-hydrogen) atoms. The van der Waals surface area contributed by atoms with Crippen LogP contribution in [0, 0.1) is 5.82 Å². The maximum absolute atomic E-state index is 12.8. The Morgan fingerprint density at radius 2 is 2.06 bits per heavy atom. The zero-order valence-corrected chi connectivity index (χ0v) is 10.6. The Bertz CT molecular complexity index is 465. The van der Waals surface area contributed by atoms with E-state index in [0.29, 0.717) is 0 Å². The zero-order chi connectivity index (χ0) is 12.1. The van der Waals surface area contributed by atoms with Crippen molar-refractivity contribution in [1.82, 2.24) is 4.98 Å². The summed E-state index contributed by atoms with van der Waals surface area (Å²) < 4.78 is 12.8. The number of halogens is 1. The molecule has 4 heteroatoms. The van der Waals surface area contributed by atoms with E-state index >= 15 is 0 Å². The third-order valence-corrected chi connectivity index (χ3v) is 3.25. The van der Waals surface area contributed by atoms with Gasteiger partial charge in [0.2, 0.25) is 0 Å². The van der Waals surface area contributed by atoms with E-state index in [1.165, 1.54) is 18.6 Å². The molecule has 0 aliphatic rings. The van der Waals surface area contributed by atoms with Crippen molar-refractivity contribution in [1.29, 1.82) is 0 Å². The fraction of sp³-hybridized carbons (Fsp3) is 0.308. The van der Waals surface area contributed by atoms with Crippen molar-refractivity contribution in [2.45, 2.75) is 19.8 Å². The van der Waals surface area contributed by atoms with Crippen molar-refractivity contribution >= 4 is 16.5 Å². The molecule has 2 aromatic rings. The molecule has 0 unspecified atom stereocenters. The fourth-order valence-corrected chi connectivity index (χ4v) is 2.23. The molecule has 1 aromatic carbocycles. The average molecular weight is 250 g/mol. The highest BCUT2D eigenvalue weighted by molar-refractivity contribution is 7.14. The van der Waals surface area contributed by atoms with E-state index in [4.69, 9.17) is 0 Å². The molecule has 2 rings (SSSR count). The van der Waals surface area contributed by atoms with E-state index in [1.54, 1.807) is 23.5 Å². The van der Waals surface area contributed by atoms with Crippen LogP contribution in [0.15, 0.2) is 29.6 Å². The Morgan fingerprint density at radius 3 is 2.76 bits per heavy atom. The highest BCUT2D eigenvalue weighted by atomic mass is 32.1. The molecule has 0 radical (unpaired) electrons. The summed E-state index contributed by atoms with van der Waals surface area (Å²) in [6.07, 6.45) is 2.31. The molecule has 1 heterocycles. The highest BCUT2D eigenvalue weighted by Gasteiger charge is 2.03. The van der Waals surface area contributed by atoms with Crippen LogP contribution in [0.25, 0.3) is 11.3 Å². The lowest BCUT2D eigenvalue weighted by Crippen LogP contribution is -1.99. The fourth-order valence-electron chi connectivity index (χ4n) is 1.48. The van der Waals surface area contributed by atoms with Crippen molar-refractivity contribution in [2.75, 3.05) is 11.9 Å². The molecule has 0 amide bonds. The first-order valence-corrected chi connectivity index (χ1v) is 6.63. The number of hydrogen-bond donors (Lipinski definition) is 1. The van der Waals surface area contributed by atoms with Gasteiger partial charge in [-0.25, -0.2) is 9.37 Å². The topological polar surface area (TPSA) is 24.9 Å². The van der Waals surface area contributed by atoms with Gasteiger partial charge in [-0.2, -0.15) is 0 Å². The molecule has 0 atom stereocenters. The SMILES string of the molecule is CCCCNc1nc(-c2ccc(F)cc2)cs1. The molecule has 1 aromatic heterocycles. The Balaban J connectivity index is 2.04. The van der Waals surface area contributed by atoms with Crippen LogP contribution in [0.2, 0.25) is 0 Å². The summed E-state index contributed by atoms with van der Waals surface area (Å²) in [6, 6.07) is 6.41. The van der Waals surface area contributed by atoms with E-state index in [9.17, 15) is 4.39 Å². The molecule has 90 valence electrons. The van der Waals surface area contributed by atoms with Gasteiger partial charge in [0, 0.05) is 17.5 Å². The van der Waals surface area contributed by atoms with Gasteiger partial charge < -0.3 is 5.32 Å². The summed E-state index contributed by atoms with van der Waals surface area (Å²) in [7, 11) is 0. The second-order valence-corrected chi connectivity index (χ2v) is 4.68. The van der Waals surface area contributed by atoms with Crippen LogP contribution >= 0.6 is 11.3 Å². The monoisotopic (exact) mass is 250 g/mol. The summed E-state index contributed by atoms with van der Waals surface area (Å²) in [5, 5.41) is 6.20. The van der Waals surface area contributed by atoms with Crippen molar-refractivity contribution < 1.29 is 4.39 Å². The van der Waals surface area contributed by atoms with Gasteiger partial charge in [-0.1, -0.05) is 13.3 Å². The maximum Gasteiger partial charge on any atom is 0.183 e. The van der Waals surface area contributed by atoms with Gasteiger partial charge in [0.15, 0.2) is 5.13 Å². The van der Waals surface area contributed by atoms with Gasteiger partial charge in [0.25, 0.3) is 0 Å². The van der Waals surface area contributed by atoms with Crippen LogP contribution in [0.4, 0.5) is 9.52 Å². The number of nitrogens with one attached hydrogen (secondary N) is 1. The summed E-state index contributed by atoms with van der Waals surface area (Å²) >= 11 is 1.58. The van der Waals surface area contributed by atoms with Gasteiger partial charge in [-0.3, -0.25) is 0 Å². The normalized spacial score (nSPS) is 10.5. The van der Waals surface area contributed by atoms with Gasteiger partial charge in [-0.15, -0.1) is 11.3 Å². The molecule has 1 N–H and O–H groups in total. The van der Waals surface area contributed by atoms with E-state index in [2.05, 4.69) is 17.2 Å². The first-order valence-electron chi connectivity index (χ1n) is 5.75. The predicted octanol–water partition coefficient (Wildman–Crippen LogP) is 4.16. The Kier molecular flexibility index (Phi) is 4.09. The van der Waals surface area contributed by atoms with E-state index in [-0.39, 0.29) is 5.82 Å². The minimum absolute atomic E-state index is 0.217. The van der Waals surface area contributed by atoms with E-state index < -0.39 is 0 Å². The summed E-state index contributed by atoms with van der Waals surface area (Å²) in [6.45, 7) is 3.11. The molecule has 2 nitrogen and oxygen atoms in total. The molecule has 0 fully saturated rings. The molecule has 0 saturated heterocycles. The lowest BCUT2D eigenvalue weighted by atomic mass is 10.2. The molecule has 0 bridgehead atoms. The van der Waals surface area contributed by atoms with Crippen molar-refractivity contribution in [3.05, 3.63) is 35.5 Å². The third-order valence-electron chi connectivity index (χ3n) is 2.45. The lowest BCUT2D eigenvalue weighted by Gasteiger charge is -1.99. The molecule has 0 aliphatic carbocycles. The summed E-state index contributed by atoms with van der Waals surface area (Å²) in [4.78, 5) is 4.47. The summed E-state index contributed by atoms with van der Waals surface area (Å²) in [5.41, 5.74) is 1.85. The minimum Gasteiger partial charge on any atom is -0.362 e. The Morgan fingerprint density at radius 1 is 1.29 bits per heavy atom. The molecule has 0 aliphatic heterocycles. The maximum atomic E-state index is 12.8. The average Bonchev–Trinajstić information content (AvgIpc) is 2.79. The lowest BCUT2D eigenvalue weighted by molar-refractivity contribution is 0.628. The number of unbranched alkanes of at least 4 members (excludes halogenated alkanes) is 1. The Hall–Kier alpha value is -1.42. The number of thiazole rings is 1. The zero-order valence-electron chi connectivity index (χ0n) is 9.74. The number of nitrogens with zero attached hydrogens (tertiary/aromatic N) is 1. The largest absolute Gasteiger partial charge is 0.362 e. The first-order chi connectivity index (χ1) is 8.29. The van der Waals surface area contributed by atoms with Crippen LogP contribution in [0.5, 0.6) is 0 Å². The number of rotatable bonds is 5. The van der Waals surface area contributed by atoms with Gasteiger partial charge in [0.1, 0.15) is 5.82 Å². The smallest absolute Gasteiger partial charge is 0.183 e. The van der Waals surface area contributed by atoms with Crippen LogP contribution in [-0.2, 0) is 0 Å². The van der Waals surface area contributed by atoms with Crippen molar-refractivity contribution in [3.63, 3.8) is 0 Å². The third kappa shape index (κ3) is 3.27. The molecule has 0 spiro atoms. The highest BCUT2D eigenvalue weighted by Crippen LogP contribution is 2.24. The minimum atomic E-state index is -0.217. The quantitative estimate of drug-likeness (QED) is 0.806. The van der Waals surface area contributed by atoms with E-state index in [1.807, 2.05) is 5.38 Å². The van der Waals surface area contributed by atoms with Gasteiger partial charge >= 0.3 is 0 Å². The van der Waals surface area contributed by atoms with E-state index in [0.717, 1.165) is 29.4 Å². The van der Waals surface area contributed by atoms with Gasteiger partial charge in [-0.05, 0) is 30.7 Å². The molecule has 0 saturated carbocycles. The number of benzene rings is 1. The second-order valence-electron chi connectivity index (χ2n) is 3.83. The standard InChI is InChI=1S/C13H15FN2S/c1-2-3-8-15-13-16-12(9-17-13)10-4-6-11(14)7-5-10/h4-7,9H,2-3,8H2,1H3,(H,15,16). The van der Waals surface area contributed by atoms with Crippen LogP contribution in [-0.4, -0.2) is 11.5 Å². The van der Waals surface area contributed by atoms with Gasteiger partial charge in [0.05, 0.1) is 5.69 Å². The van der Waals surface area contributed by atoms with Crippen LogP contribution in [0.1, 0.15) is 19.8 Å². The second kappa shape index (κ2) is 5.77. The number of anilines is 1.